The van der Waals surface area contributed by atoms with E-state index >= 15 is 0 Å². The molecule has 20 heavy (non-hydrogen) atoms. The summed E-state index contributed by atoms with van der Waals surface area (Å²) in [5, 5.41) is 9.11. The molecule has 0 fully saturated rings. The summed E-state index contributed by atoms with van der Waals surface area (Å²) >= 11 is 6.83. The maximum atomic E-state index is 9.11. The molecular formula is C15H14Br2O3. The van der Waals surface area contributed by atoms with Crippen LogP contribution in [0.2, 0.25) is 0 Å². The van der Waals surface area contributed by atoms with Crippen molar-refractivity contribution in [1.29, 1.82) is 0 Å². The lowest BCUT2D eigenvalue weighted by molar-refractivity contribution is 0.00420. The van der Waals surface area contributed by atoms with Gasteiger partial charge in [0.2, 0.25) is 0 Å². The van der Waals surface area contributed by atoms with Crippen LogP contribution in [0.25, 0.3) is 0 Å². The van der Waals surface area contributed by atoms with Crippen molar-refractivity contribution >= 4 is 31.9 Å². The molecule has 2 aromatic rings. The Kier molecular flexibility index (Phi) is 6.04. The first kappa shape index (κ1) is 15.5. The van der Waals surface area contributed by atoms with Gasteiger partial charge in [0, 0.05) is 0 Å². The molecule has 0 atom stereocenters. The molecule has 0 aliphatic heterocycles. The minimum absolute atomic E-state index is 0.0119. The Morgan fingerprint density at radius 1 is 0.950 bits per heavy atom. The zero-order chi connectivity index (χ0) is 14.4. The zero-order valence-corrected chi connectivity index (χ0v) is 13.9. The van der Waals surface area contributed by atoms with Gasteiger partial charge in [-0.15, -0.1) is 0 Å². The highest BCUT2D eigenvalue weighted by molar-refractivity contribution is 9.11. The van der Waals surface area contributed by atoms with Crippen LogP contribution in [0, 0.1) is 0 Å². The normalized spacial score (nSPS) is 10.6. The Labute approximate surface area is 134 Å². The predicted octanol–water partition coefficient (Wildman–Crippen LogP) is 4.26. The third kappa shape index (κ3) is 4.31. The third-order valence-electron chi connectivity index (χ3n) is 2.64. The van der Waals surface area contributed by atoms with Gasteiger partial charge in [0.25, 0.3) is 0 Å². The van der Waals surface area contributed by atoms with E-state index in [0.29, 0.717) is 12.4 Å². The van der Waals surface area contributed by atoms with Crippen molar-refractivity contribution < 1.29 is 14.6 Å². The lowest BCUT2D eigenvalue weighted by atomic mass is 10.2. The predicted molar refractivity (Wildman–Crippen MR) is 84.5 cm³/mol. The van der Waals surface area contributed by atoms with Gasteiger partial charge in [0.15, 0.2) is 12.5 Å². The summed E-state index contributed by atoms with van der Waals surface area (Å²) in [6, 6.07) is 13.6. The van der Waals surface area contributed by atoms with E-state index < -0.39 is 0 Å². The number of ether oxygens (including phenoxy) is 2. The van der Waals surface area contributed by atoms with E-state index in [1.54, 1.807) is 0 Å². The van der Waals surface area contributed by atoms with Gasteiger partial charge < -0.3 is 14.6 Å². The van der Waals surface area contributed by atoms with E-state index in [1.165, 1.54) is 0 Å². The van der Waals surface area contributed by atoms with Crippen LogP contribution in [0.1, 0.15) is 11.1 Å². The van der Waals surface area contributed by atoms with Gasteiger partial charge in [-0.25, -0.2) is 0 Å². The van der Waals surface area contributed by atoms with Gasteiger partial charge in [-0.1, -0.05) is 30.3 Å². The summed E-state index contributed by atoms with van der Waals surface area (Å²) in [5.74, 6) is 0.662. The van der Waals surface area contributed by atoms with Gasteiger partial charge >= 0.3 is 0 Å². The maximum absolute atomic E-state index is 9.11. The van der Waals surface area contributed by atoms with Crippen LogP contribution >= 0.6 is 31.9 Å². The number of halogens is 2. The van der Waals surface area contributed by atoms with E-state index in [4.69, 9.17) is 14.6 Å². The molecule has 5 heteroatoms. The van der Waals surface area contributed by atoms with Crippen LogP contribution in [0.5, 0.6) is 5.75 Å². The molecule has 0 aliphatic rings. The van der Waals surface area contributed by atoms with Crippen molar-refractivity contribution in [2.75, 3.05) is 6.79 Å². The average Bonchev–Trinajstić information content (AvgIpc) is 2.46. The maximum Gasteiger partial charge on any atom is 0.189 e. The Balaban J connectivity index is 1.88. The lowest BCUT2D eigenvalue weighted by Crippen LogP contribution is -2.04. The van der Waals surface area contributed by atoms with Crippen molar-refractivity contribution in [3.05, 3.63) is 62.5 Å². The SMILES string of the molecule is OCc1cc(Br)c(OCOCc2ccccc2)c(Br)c1. The second-order valence-electron chi connectivity index (χ2n) is 4.14. The fourth-order valence-electron chi connectivity index (χ4n) is 1.68. The zero-order valence-electron chi connectivity index (χ0n) is 10.7. The first-order valence-corrected chi connectivity index (χ1v) is 7.62. The summed E-state index contributed by atoms with van der Waals surface area (Å²) < 4.78 is 12.6. The van der Waals surface area contributed by atoms with Crippen LogP contribution in [0.3, 0.4) is 0 Å². The third-order valence-corrected chi connectivity index (χ3v) is 3.82. The monoisotopic (exact) mass is 400 g/mol. The van der Waals surface area contributed by atoms with Crippen LogP contribution in [0.4, 0.5) is 0 Å². The summed E-state index contributed by atoms with van der Waals surface area (Å²) in [4.78, 5) is 0. The fourth-order valence-corrected chi connectivity index (χ4v) is 3.19. The Morgan fingerprint density at radius 3 is 2.20 bits per heavy atom. The number of aliphatic hydroxyl groups excluding tert-OH is 1. The molecule has 1 N–H and O–H groups in total. The van der Waals surface area contributed by atoms with E-state index in [2.05, 4.69) is 31.9 Å². The van der Waals surface area contributed by atoms with Crippen LogP contribution in [0.15, 0.2) is 51.4 Å². The molecule has 106 valence electrons. The molecule has 0 aromatic heterocycles. The smallest absolute Gasteiger partial charge is 0.189 e. The van der Waals surface area contributed by atoms with Crippen molar-refractivity contribution in [3.8, 4) is 5.75 Å². The van der Waals surface area contributed by atoms with Gasteiger partial charge in [-0.3, -0.25) is 0 Å². The Hall–Kier alpha value is -0.880. The minimum Gasteiger partial charge on any atom is -0.465 e. The number of rotatable bonds is 6. The molecule has 0 heterocycles. The highest BCUT2D eigenvalue weighted by Crippen LogP contribution is 2.34. The van der Waals surface area contributed by atoms with Crippen LogP contribution in [-0.4, -0.2) is 11.9 Å². The van der Waals surface area contributed by atoms with E-state index in [1.807, 2.05) is 42.5 Å². The second kappa shape index (κ2) is 7.78. The highest BCUT2D eigenvalue weighted by Gasteiger charge is 2.08. The molecule has 2 rings (SSSR count). The van der Waals surface area contributed by atoms with Gasteiger partial charge in [-0.05, 0) is 55.1 Å². The molecule has 0 radical (unpaired) electrons. The van der Waals surface area contributed by atoms with Gasteiger partial charge in [0.05, 0.1) is 22.2 Å². The molecule has 3 nitrogen and oxygen atoms in total. The number of hydrogen-bond donors (Lipinski definition) is 1. The molecule has 0 spiro atoms. The first-order chi connectivity index (χ1) is 9.70. The summed E-state index contributed by atoms with van der Waals surface area (Å²) in [5.41, 5.74) is 1.91. The average molecular weight is 402 g/mol. The molecule has 0 saturated carbocycles. The molecule has 0 unspecified atom stereocenters. The topological polar surface area (TPSA) is 38.7 Å². The minimum atomic E-state index is -0.0119. The van der Waals surface area contributed by atoms with Crippen LogP contribution < -0.4 is 4.74 Å². The van der Waals surface area contributed by atoms with Gasteiger partial charge in [0.1, 0.15) is 0 Å². The van der Waals surface area contributed by atoms with E-state index in [0.717, 1.165) is 20.1 Å². The molecule has 0 amide bonds. The summed E-state index contributed by atoms with van der Waals surface area (Å²) in [7, 11) is 0. The van der Waals surface area contributed by atoms with Gasteiger partial charge in [-0.2, -0.15) is 0 Å². The van der Waals surface area contributed by atoms with Crippen molar-refractivity contribution in [1.82, 2.24) is 0 Å². The van der Waals surface area contributed by atoms with E-state index in [9.17, 15) is 0 Å². The first-order valence-electron chi connectivity index (χ1n) is 6.04. The van der Waals surface area contributed by atoms with Crippen molar-refractivity contribution in [2.45, 2.75) is 13.2 Å². The van der Waals surface area contributed by atoms with Crippen LogP contribution in [-0.2, 0) is 18.0 Å². The second-order valence-corrected chi connectivity index (χ2v) is 5.85. The van der Waals surface area contributed by atoms with E-state index in [-0.39, 0.29) is 13.4 Å². The molecule has 2 aromatic carbocycles. The largest absolute Gasteiger partial charge is 0.465 e. The fraction of sp³-hybridized carbons (Fsp3) is 0.200. The Bertz CT molecular complexity index is 535. The number of benzene rings is 2. The summed E-state index contributed by atoms with van der Waals surface area (Å²) in [6.07, 6.45) is 0. The number of aliphatic hydroxyl groups is 1. The molecule has 0 aliphatic carbocycles. The quantitative estimate of drug-likeness (QED) is 0.580. The Morgan fingerprint density at radius 2 is 1.60 bits per heavy atom. The lowest BCUT2D eigenvalue weighted by Gasteiger charge is -2.12. The summed E-state index contributed by atoms with van der Waals surface area (Å²) in [6.45, 7) is 0.650. The standard InChI is InChI=1S/C15H14Br2O3/c16-13-6-12(8-18)7-14(17)15(13)20-10-19-9-11-4-2-1-3-5-11/h1-7,18H,8-10H2. The van der Waals surface area contributed by atoms with Crippen molar-refractivity contribution in [3.63, 3.8) is 0 Å². The molecular weight excluding hydrogens is 388 g/mol. The van der Waals surface area contributed by atoms with Crippen molar-refractivity contribution in [2.24, 2.45) is 0 Å². The molecule has 0 bridgehead atoms. The number of hydrogen-bond acceptors (Lipinski definition) is 3. The highest BCUT2D eigenvalue weighted by atomic mass is 79.9. The molecule has 0 saturated heterocycles.